The predicted molar refractivity (Wildman–Crippen MR) is 97.3 cm³/mol. The van der Waals surface area contributed by atoms with Gasteiger partial charge < -0.3 is 25.3 Å². The van der Waals surface area contributed by atoms with Crippen LogP contribution in [-0.4, -0.2) is 48.9 Å². The Bertz CT molecular complexity index is 900. The third kappa shape index (κ3) is 3.34. The van der Waals surface area contributed by atoms with Crippen LogP contribution in [0.5, 0.6) is 11.5 Å². The molecule has 3 aromatic rings. The maximum absolute atomic E-state index is 6.06. The Morgan fingerprint density at radius 1 is 1.08 bits per heavy atom. The van der Waals surface area contributed by atoms with Crippen LogP contribution in [-0.2, 0) is 4.74 Å². The Hall–Kier alpha value is -2.87. The fourth-order valence-electron chi connectivity index (χ4n) is 2.54. The third-order valence-electron chi connectivity index (χ3n) is 3.72. The molecule has 0 atom stereocenters. The monoisotopic (exact) mass is 343 g/mol. The molecule has 0 radical (unpaired) electrons. The molecular formula is C17H21N5O3. The van der Waals surface area contributed by atoms with E-state index in [0.717, 1.165) is 16.4 Å². The number of hydrogen-bond acceptors (Lipinski definition) is 8. The first kappa shape index (κ1) is 17.0. The molecule has 0 saturated heterocycles. The van der Waals surface area contributed by atoms with Crippen molar-refractivity contribution in [3.05, 3.63) is 18.3 Å². The van der Waals surface area contributed by atoms with Crippen LogP contribution >= 0.6 is 0 Å². The molecular weight excluding hydrogens is 322 g/mol. The summed E-state index contributed by atoms with van der Waals surface area (Å²) in [6.07, 6.45) is 1.67. The number of benzene rings is 1. The van der Waals surface area contributed by atoms with E-state index in [1.54, 1.807) is 20.4 Å². The van der Waals surface area contributed by atoms with Crippen LogP contribution in [0.15, 0.2) is 18.3 Å². The first-order chi connectivity index (χ1) is 12.2. The van der Waals surface area contributed by atoms with Gasteiger partial charge in [0.1, 0.15) is 12.4 Å². The largest absolute Gasteiger partial charge is 0.493 e. The minimum absolute atomic E-state index is 0.384. The minimum atomic E-state index is 0.384. The number of nitrogens with two attached hydrogens (primary N) is 1. The van der Waals surface area contributed by atoms with E-state index in [1.165, 1.54) is 0 Å². The molecule has 0 unspecified atom stereocenters. The summed E-state index contributed by atoms with van der Waals surface area (Å²) in [4.78, 5) is 13.3. The summed E-state index contributed by atoms with van der Waals surface area (Å²) in [6.45, 7) is 3.59. The van der Waals surface area contributed by atoms with Crippen molar-refractivity contribution >= 4 is 33.6 Å². The van der Waals surface area contributed by atoms with Crippen LogP contribution in [0.2, 0.25) is 0 Å². The van der Waals surface area contributed by atoms with Crippen LogP contribution in [0.1, 0.15) is 6.92 Å². The smallest absolute Gasteiger partial charge is 0.225 e. The highest BCUT2D eigenvalue weighted by Gasteiger charge is 2.14. The Kier molecular flexibility index (Phi) is 4.99. The number of ether oxygens (including phenoxy) is 3. The molecule has 0 saturated carbocycles. The minimum Gasteiger partial charge on any atom is -0.493 e. The standard InChI is InChI=1S/C17H21N5O3/c1-4-19-17-21-15-10-7-13(24-3)14(25-6-5-23-2)8-12(10)20-9-11(15)16(18)22-17/h7-9H,4-6H2,1-3H3,(H3,18,19,21,22). The van der Waals surface area contributed by atoms with Crippen molar-refractivity contribution in [1.29, 1.82) is 0 Å². The second-order valence-electron chi connectivity index (χ2n) is 5.34. The molecule has 132 valence electrons. The summed E-state index contributed by atoms with van der Waals surface area (Å²) in [6, 6.07) is 3.68. The van der Waals surface area contributed by atoms with Gasteiger partial charge in [0, 0.05) is 31.3 Å². The van der Waals surface area contributed by atoms with Gasteiger partial charge in [0.05, 0.1) is 30.1 Å². The van der Waals surface area contributed by atoms with E-state index in [1.807, 2.05) is 19.1 Å². The summed E-state index contributed by atoms with van der Waals surface area (Å²) in [5, 5.41) is 4.61. The molecule has 25 heavy (non-hydrogen) atoms. The molecule has 0 fully saturated rings. The lowest BCUT2D eigenvalue weighted by molar-refractivity contribution is 0.144. The van der Waals surface area contributed by atoms with Gasteiger partial charge in [-0.1, -0.05) is 0 Å². The van der Waals surface area contributed by atoms with E-state index in [0.29, 0.717) is 48.4 Å². The second kappa shape index (κ2) is 7.35. The van der Waals surface area contributed by atoms with Gasteiger partial charge in [-0.25, -0.2) is 4.98 Å². The first-order valence-electron chi connectivity index (χ1n) is 7.97. The first-order valence-corrected chi connectivity index (χ1v) is 7.97. The highest BCUT2D eigenvalue weighted by molar-refractivity contribution is 6.07. The van der Waals surface area contributed by atoms with Crippen LogP contribution in [0.25, 0.3) is 21.8 Å². The fourth-order valence-corrected chi connectivity index (χ4v) is 2.54. The van der Waals surface area contributed by atoms with Gasteiger partial charge in [0.2, 0.25) is 5.95 Å². The lowest BCUT2D eigenvalue weighted by Crippen LogP contribution is -2.06. The van der Waals surface area contributed by atoms with Crippen LogP contribution in [0, 0.1) is 0 Å². The normalized spacial score (nSPS) is 11.0. The highest BCUT2D eigenvalue weighted by Crippen LogP contribution is 2.35. The topological polar surface area (TPSA) is 104 Å². The summed E-state index contributed by atoms with van der Waals surface area (Å²) in [7, 11) is 3.22. The van der Waals surface area contributed by atoms with E-state index in [-0.39, 0.29) is 0 Å². The van der Waals surface area contributed by atoms with Crippen molar-refractivity contribution in [2.45, 2.75) is 6.92 Å². The molecule has 8 heteroatoms. The Labute approximate surface area is 145 Å². The fraction of sp³-hybridized carbons (Fsp3) is 0.353. The lowest BCUT2D eigenvalue weighted by atomic mass is 10.1. The summed E-state index contributed by atoms with van der Waals surface area (Å²) < 4.78 is 16.2. The molecule has 0 aliphatic rings. The third-order valence-corrected chi connectivity index (χ3v) is 3.72. The number of nitrogen functional groups attached to an aromatic ring is 1. The molecule has 1 aromatic carbocycles. The van der Waals surface area contributed by atoms with E-state index in [2.05, 4.69) is 20.3 Å². The average Bonchev–Trinajstić information content (AvgIpc) is 2.61. The number of methoxy groups -OCH3 is 2. The number of fused-ring (bicyclic) bond motifs is 3. The molecule has 0 aliphatic carbocycles. The summed E-state index contributed by atoms with van der Waals surface area (Å²) in [5.41, 5.74) is 7.51. The SMILES string of the molecule is CCNc1nc(N)c2cnc3cc(OCCOC)c(OC)cc3c2n1. The van der Waals surface area contributed by atoms with E-state index in [4.69, 9.17) is 19.9 Å². The van der Waals surface area contributed by atoms with E-state index in [9.17, 15) is 0 Å². The molecule has 3 N–H and O–H groups in total. The molecule has 8 nitrogen and oxygen atoms in total. The quantitative estimate of drug-likeness (QED) is 0.497. The molecule has 0 bridgehead atoms. The Morgan fingerprint density at radius 2 is 1.92 bits per heavy atom. The molecule has 2 heterocycles. The summed E-state index contributed by atoms with van der Waals surface area (Å²) in [5.74, 6) is 2.07. The van der Waals surface area contributed by atoms with E-state index >= 15 is 0 Å². The zero-order chi connectivity index (χ0) is 17.8. The summed E-state index contributed by atoms with van der Waals surface area (Å²) >= 11 is 0. The maximum Gasteiger partial charge on any atom is 0.225 e. The number of rotatable bonds is 7. The van der Waals surface area contributed by atoms with Gasteiger partial charge in [-0.15, -0.1) is 0 Å². The van der Waals surface area contributed by atoms with Gasteiger partial charge in [-0.05, 0) is 13.0 Å². The number of nitrogens with one attached hydrogen (secondary N) is 1. The number of nitrogens with zero attached hydrogens (tertiary/aromatic N) is 3. The number of hydrogen-bond donors (Lipinski definition) is 2. The van der Waals surface area contributed by atoms with Gasteiger partial charge in [0.25, 0.3) is 0 Å². The Morgan fingerprint density at radius 3 is 2.64 bits per heavy atom. The van der Waals surface area contributed by atoms with Crippen molar-refractivity contribution < 1.29 is 14.2 Å². The van der Waals surface area contributed by atoms with E-state index < -0.39 is 0 Å². The van der Waals surface area contributed by atoms with Crippen molar-refractivity contribution in [3.63, 3.8) is 0 Å². The van der Waals surface area contributed by atoms with Crippen LogP contribution in [0.4, 0.5) is 11.8 Å². The maximum atomic E-state index is 6.06. The van der Waals surface area contributed by atoms with Crippen LogP contribution in [0.3, 0.4) is 0 Å². The Balaban J connectivity index is 2.17. The van der Waals surface area contributed by atoms with Gasteiger partial charge in [-0.3, -0.25) is 4.98 Å². The van der Waals surface area contributed by atoms with Crippen molar-refractivity contribution in [1.82, 2.24) is 15.0 Å². The second-order valence-corrected chi connectivity index (χ2v) is 5.34. The number of pyridine rings is 1. The highest BCUT2D eigenvalue weighted by atomic mass is 16.5. The van der Waals surface area contributed by atoms with Gasteiger partial charge >= 0.3 is 0 Å². The van der Waals surface area contributed by atoms with Crippen molar-refractivity contribution in [2.75, 3.05) is 45.0 Å². The molecule has 0 aliphatic heterocycles. The predicted octanol–water partition coefficient (Wildman–Crippen LogP) is 2.23. The van der Waals surface area contributed by atoms with Crippen molar-refractivity contribution in [3.8, 4) is 11.5 Å². The van der Waals surface area contributed by atoms with Gasteiger partial charge in [-0.2, -0.15) is 4.98 Å². The zero-order valence-corrected chi connectivity index (χ0v) is 14.5. The average molecular weight is 343 g/mol. The molecule has 2 aromatic heterocycles. The van der Waals surface area contributed by atoms with Crippen molar-refractivity contribution in [2.24, 2.45) is 0 Å². The lowest BCUT2D eigenvalue weighted by Gasteiger charge is -2.13. The van der Waals surface area contributed by atoms with Crippen LogP contribution < -0.4 is 20.5 Å². The number of aromatic nitrogens is 3. The molecule has 0 amide bonds. The molecule has 0 spiro atoms. The number of anilines is 2. The molecule has 3 rings (SSSR count). The van der Waals surface area contributed by atoms with Gasteiger partial charge in [0.15, 0.2) is 11.5 Å². The zero-order valence-electron chi connectivity index (χ0n) is 14.5.